The van der Waals surface area contributed by atoms with Crippen molar-refractivity contribution in [1.82, 2.24) is 29.7 Å². The molecule has 0 aliphatic carbocycles. The smallest absolute Gasteiger partial charge is 0.332 e. The number of carboxylic acid groups (broad SMARTS) is 2. The Kier molecular flexibility index (Phi) is 10.3. The lowest BCUT2D eigenvalue weighted by Gasteiger charge is -2.16. The number of aromatic amines is 1. The fraction of sp³-hybridized carbons (Fsp3) is 0.471. The monoisotopic (exact) mass is 487 g/mol. The molecule has 2 unspecified atom stereocenters. The molecule has 0 saturated carbocycles. The molecule has 0 aromatic carbocycles. The molecule has 0 fully saturated rings. The molecule has 0 aliphatic heterocycles. The first-order valence-electron chi connectivity index (χ1n) is 9.37. The zero-order valence-electron chi connectivity index (χ0n) is 17.8. The van der Waals surface area contributed by atoms with Crippen LogP contribution in [-0.4, -0.2) is 77.4 Å². The molecule has 15 nitrogen and oxygen atoms in total. The molecule has 0 saturated heterocycles. The minimum atomic E-state index is -1.22. The van der Waals surface area contributed by atoms with Crippen LogP contribution in [0.1, 0.15) is 12.8 Å². The number of imidazole rings is 1. The molecule has 16 heteroatoms. The van der Waals surface area contributed by atoms with Crippen molar-refractivity contribution in [3.05, 3.63) is 27.2 Å². The molecule has 7 N–H and O–H groups in total. The van der Waals surface area contributed by atoms with E-state index in [4.69, 9.17) is 15.9 Å². The van der Waals surface area contributed by atoms with Crippen molar-refractivity contribution >= 4 is 47.5 Å². The Morgan fingerprint density at radius 2 is 1.85 bits per heavy atom. The maximum absolute atomic E-state index is 11.5. The number of carbonyl (C=O) groups is 4. The van der Waals surface area contributed by atoms with E-state index in [1.54, 1.807) is 7.05 Å². The van der Waals surface area contributed by atoms with Crippen molar-refractivity contribution in [1.29, 1.82) is 0 Å². The average Bonchev–Trinajstić information content (AvgIpc) is 3.27. The number of nitrogens with one attached hydrogen (secondary N) is 3. The number of hydrogen-bond acceptors (Lipinski definition) is 9. The summed E-state index contributed by atoms with van der Waals surface area (Å²) in [6, 6.07) is -2.15. The Morgan fingerprint density at radius 1 is 1.21 bits per heavy atom. The summed E-state index contributed by atoms with van der Waals surface area (Å²) in [4.78, 5) is 73.1. The molecule has 2 atom stereocenters. The number of carboxylic acids is 2. The van der Waals surface area contributed by atoms with E-state index < -0.39 is 42.4 Å². The lowest BCUT2D eigenvalue weighted by atomic mass is 10.1. The van der Waals surface area contributed by atoms with Gasteiger partial charge in [-0.2, -0.15) is 12.6 Å². The summed E-state index contributed by atoms with van der Waals surface area (Å²) in [6.45, 7) is -0.567. The van der Waals surface area contributed by atoms with E-state index in [0.29, 0.717) is 11.2 Å². The minimum absolute atomic E-state index is 0.0256. The average molecular weight is 487 g/mol. The summed E-state index contributed by atoms with van der Waals surface area (Å²) in [7, 11) is 3.01. The molecule has 2 aromatic heterocycles. The topological polar surface area (TPSA) is 231 Å². The highest BCUT2D eigenvalue weighted by atomic mass is 32.1. The number of rotatable bonds is 9. The molecule has 2 rings (SSSR count). The van der Waals surface area contributed by atoms with E-state index in [0.717, 1.165) is 4.57 Å². The van der Waals surface area contributed by atoms with Crippen LogP contribution in [0.2, 0.25) is 0 Å². The predicted octanol–water partition coefficient (Wildman–Crippen LogP) is -3.25. The van der Waals surface area contributed by atoms with E-state index in [1.165, 1.54) is 17.9 Å². The molecule has 0 spiro atoms. The number of H-pyrrole nitrogens is 1. The number of nitrogens with zero attached hydrogens (tertiary/aromatic N) is 3. The van der Waals surface area contributed by atoms with Gasteiger partial charge in [-0.05, 0) is 6.42 Å². The van der Waals surface area contributed by atoms with Gasteiger partial charge in [-0.15, -0.1) is 0 Å². The highest BCUT2D eigenvalue weighted by Crippen LogP contribution is 1.98. The third-order valence-corrected chi connectivity index (χ3v) is 4.64. The van der Waals surface area contributed by atoms with Crippen LogP contribution in [0, 0.1) is 0 Å². The molecule has 2 amide bonds. The van der Waals surface area contributed by atoms with Crippen LogP contribution in [0.3, 0.4) is 0 Å². The molecular formula is C17H25N7O8S. The number of thiol groups is 1. The first-order valence-corrected chi connectivity index (χ1v) is 10.0. The van der Waals surface area contributed by atoms with Gasteiger partial charge in [0.25, 0.3) is 5.56 Å². The van der Waals surface area contributed by atoms with E-state index in [2.05, 4.69) is 33.2 Å². The summed E-state index contributed by atoms with van der Waals surface area (Å²) >= 11 is 3.87. The third kappa shape index (κ3) is 7.76. The van der Waals surface area contributed by atoms with Crippen molar-refractivity contribution in [2.45, 2.75) is 24.9 Å². The summed E-state index contributed by atoms with van der Waals surface area (Å²) in [5, 5.41) is 21.4. The number of carbonyl (C=O) groups excluding carboxylic acids is 2. The van der Waals surface area contributed by atoms with Crippen LogP contribution < -0.4 is 27.6 Å². The zero-order chi connectivity index (χ0) is 25.3. The second kappa shape index (κ2) is 12.4. The van der Waals surface area contributed by atoms with Gasteiger partial charge >= 0.3 is 17.6 Å². The van der Waals surface area contributed by atoms with Gasteiger partial charge in [-0.1, -0.05) is 0 Å². The van der Waals surface area contributed by atoms with Gasteiger partial charge in [-0.25, -0.2) is 9.78 Å². The fourth-order valence-corrected chi connectivity index (χ4v) is 2.68. The van der Waals surface area contributed by atoms with E-state index in [1.807, 2.05) is 0 Å². The number of nitrogens with two attached hydrogens (primary N) is 1. The quantitative estimate of drug-likeness (QED) is 0.175. The number of aliphatic carboxylic acids is 2. The number of aryl methyl sites for hydroxylation is 1. The second-order valence-corrected chi connectivity index (χ2v) is 7.07. The Labute approximate surface area is 191 Å². The number of aromatic nitrogens is 4. The Balaban J connectivity index is 0.000000357. The fourth-order valence-electron chi connectivity index (χ4n) is 2.43. The molecule has 33 heavy (non-hydrogen) atoms. The van der Waals surface area contributed by atoms with Crippen molar-refractivity contribution in [2.24, 2.45) is 19.8 Å². The second-order valence-electron chi connectivity index (χ2n) is 6.70. The highest BCUT2D eigenvalue weighted by Gasteiger charge is 2.21. The molecule has 0 aliphatic rings. The number of amides is 2. The van der Waals surface area contributed by atoms with Crippen molar-refractivity contribution in [3.8, 4) is 0 Å². The first kappa shape index (κ1) is 27.4. The van der Waals surface area contributed by atoms with Gasteiger partial charge < -0.3 is 31.6 Å². The van der Waals surface area contributed by atoms with E-state index in [-0.39, 0.29) is 29.8 Å². The lowest BCUT2D eigenvalue weighted by molar-refractivity contribution is -0.139. The summed E-state index contributed by atoms with van der Waals surface area (Å²) < 4.78 is 2.37. The predicted molar refractivity (Wildman–Crippen MR) is 118 cm³/mol. The summed E-state index contributed by atoms with van der Waals surface area (Å²) in [5.41, 5.74) is 5.24. The van der Waals surface area contributed by atoms with Crippen molar-refractivity contribution < 1.29 is 29.4 Å². The maximum Gasteiger partial charge on any atom is 0.332 e. The molecule has 0 radical (unpaired) electrons. The van der Waals surface area contributed by atoms with Gasteiger partial charge in [0, 0.05) is 26.3 Å². The molecular weight excluding hydrogens is 462 g/mol. The van der Waals surface area contributed by atoms with Crippen LogP contribution in [0.25, 0.3) is 11.2 Å². The number of fused-ring (bicyclic) bond motifs is 1. The maximum atomic E-state index is 11.5. The Hall–Kier alpha value is -3.66. The largest absolute Gasteiger partial charge is 0.480 e. The van der Waals surface area contributed by atoms with Gasteiger partial charge in [0.1, 0.15) is 24.1 Å². The standard InChI is InChI=1S/C10H17N3O6S.C7H8N4O2/c11-5(10(18)19)1-2-7(14)13-6(4-20)9(17)12-3-8(15)16;1-10-5-4(8-3-9-5)6(12)11(2)7(10)13/h5-6,20H,1-4,11H2,(H,12,17)(H,13,14)(H,15,16)(H,18,19);3H,1-2H3,(H,8,9). The van der Waals surface area contributed by atoms with Crippen LogP contribution in [-0.2, 0) is 33.3 Å². The van der Waals surface area contributed by atoms with Crippen LogP contribution in [0.4, 0.5) is 0 Å². The van der Waals surface area contributed by atoms with Gasteiger partial charge in [0.05, 0.1) is 6.33 Å². The van der Waals surface area contributed by atoms with Crippen LogP contribution >= 0.6 is 12.6 Å². The molecule has 2 aromatic rings. The summed E-state index contributed by atoms with van der Waals surface area (Å²) in [5.74, 6) is -3.70. The van der Waals surface area contributed by atoms with Crippen LogP contribution in [0.5, 0.6) is 0 Å². The van der Waals surface area contributed by atoms with E-state index >= 15 is 0 Å². The molecule has 0 bridgehead atoms. The zero-order valence-corrected chi connectivity index (χ0v) is 18.7. The molecule has 2 heterocycles. The first-order chi connectivity index (χ1) is 15.4. The number of hydrogen-bond donors (Lipinski definition) is 7. The normalized spacial score (nSPS) is 12.2. The minimum Gasteiger partial charge on any atom is -0.480 e. The summed E-state index contributed by atoms with van der Waals surface area (Å²) in [6.07, 6.45) is 1.16. The van der Waals surface area contributed by atoms with Gasteiger partial charge in [0.15, 0.2) is 5.65 Å². The highest BCUT2D eigenvalue weighted by molar-refractivity contribution is 7.80. The van der Waals surface area contributed by atoms with Gasteiger partial charge in [-0.3, -0.25) is 33.1 Å². The lowest BCUT2D eigenvalue weighted by Crippen LogP contribution is -2.49. The third-order valence-electron chi connectivity index (χ3n) is 4.28. The Bertz CT molecular complexity index is 1140. The van der Waals surface area contributed by atoms with Crippen LogP contribution in [0.15, 0.2) is 15.9 Å². The molecule has 182 valence electrons. The van der Waals surface area contributed by atoms with E-state index in [9.17, 15) is 28.8 Å². The Morgan fingerprint density at radius 3 is 2.39 bits per heavy atom. The van der Waals surface area contributed by atoms with Gasteiger partial charge in [0.2, 0.25) is 11.8 Å². The van der Waals surface area contributed by atoms with Crippen molar-refractivity contribution in [2.75, 3.05) is 12.3 Å². The van der Waals surface area contributed by atoms with Crippen molar-refractivity contribution in [3.63, 3.8) is 0 Å². The SMILES string of the molecule is Cn1c(=O)c2[nH]cnc2n(C)c1=O.NC(CCC(=O)NC(CS)C(=O)NCC(=O)O)C(=O)O.